The standard InChI is InChI=1S/C21H28N6O5/c1-3-23-19(30)16-14(28)15(29)20(32-16)27-10-24-13-17(22)25-12(26-18(13)27)6-8-21(31)7-4-5-11(2)9-21/h10-11,14-16,20,28-29,31H,3-5,7,9H2,1-2H3,(H,23,30)(H2,22,25,26)/t11-,14+,15-,16-,20+,21+/m0/s1. The molecule has 0 radical (unpaired) electrons. The molecule has 4 rings (SSSR count). The third-order valence-electron chi connectivity index (χ3n) is 5.95. The van der Waals surface area contributed by atoms with Crippen LogP contribution in [-0.4, -0.2) is 71.2 Å². The number of aliphatic hydroxyl groups is 3. The van der Waals surface area contributed by atoms with Gasteiger partial charge in [0, 0.05) is 6.54 Å². The summed E-state index contributed by atoms with van der Waals surface area (Å²) in [6.45, 7) is 4.18. The monoisotopic (exact) mass is 444 g/mol. The first-order valence-electron chi connectivity index (χ1n) is 10.8. The molecule has 1 aliphatic carbocycles. The van der Waals surface area contributed by atoms with Crippen LogP contribution in [0.15, 0.2) is 6.33 Å². The van der Waals surface area contributed by atoms with Crippen molar-refractivity contribution in [2.45, 2.75) is 69.7 Å². The summed E-state index contributed by atoms with van der Waals surface area (Å²) >= 11 is 0. The lowest BCUT2D eigenvalue weighted by Crippen LogP contribution is -2.42. The Kier molecular flexibility index (Phi) is 6.05. The summed E-state index contributed by atoms with van der Waals surface area (Å²) in [6.07, 6.45) is -0.699. The molecule has 2 aliphatic rings. The van der Waals surface area contributed by atoms with Crippen molar-refractivity contribution >= 4 is 22.9 Å². The number of imidazole rings is 1. The lowest BCUT2D eigenvalue weighted by atomic mass is 9.79. The predicted molar refractivity (Wildman–Crippen MR) is 114 cm³/mol. The fourth-order valence-electron chi connectivity index (χ4n) is 4.37. The van der Waals surface area contributed by atoms with Crippen molar-refractivity contribution in [3.8, 4) is 11.8 Å². The molecule has 2 aromatic rings. The van der Waals surface area contributed by atoms with Gasteiger partial charge in [0.05, 0.1) is 6.33 Å². The average molecular weight is 444 g/mol. The molecule has 2 aromatic heterocycles. The van der Waals surface area contributed by atoms with Gasteiger partial charge in [-0.25, -0.2) is 15.0 Å². The highest BCUT2D eigenvalue weighted by molar-refractivity contribution is 5.83. The molecule has 3 heterocycles. The van der Waals surface area contributed by atoms with Crippen LogP contribution in [0.25, 0.3) is 11.2 Å². The minimum Gasteiger partial charge on any atom is -0.387 e. The minimum absolute atomic E-state index is 0.0790. The number of nitrogens with two attached hydrogens (primary N) is 1. The second kappa shape index (κ2) is 8.63. The van der Waals surface area contributed by atoms with E-state index in [4.69, 9.17) is 10.5 Å². The zero-order valence-electron chi connectivity index (χ0n) is 18.0. The van der Waals surface area contributed by atoms with Crippen molar-refractivity contribution in [1.29, 1.82) is 0 Å². The first kappa shape index (κ1) is 22.4. The Balaban J connectivity index is 1.66. The Morgan fingerprint density at radius 2 is 2.19 bits per heavy atom. The first-order chi connectivity index (χ1) is 15.2. The molecule has 0 aromatic carbocycles. The lowest BCUT2D eigenvalue weighted by molar-refractivity contribution is -0.137. The number of rotatable bonds is 3. The molecular weight excluding hydrogens is 416 g/mol. The Morgan fingerprint density at radius 1 is 1.41 bits per heavy atom. The molecule has 1 saturated heterocycles. The topological polar surface area (TPSA) is 169 Å². The number of carbonyl (C=O) groups is 1. The number of nitrogens with one attached hydrogen (secondary N) is 1. The molecule has 0 unspecified atom stereocenters. The fraction of sp³-hybridized carbons (Fsp3) is 0.619. The molecule has 0 bridgehead atoms. The Morgan fingerprint density at radius 3 is 2.91 bits per heavy atom. The second-order valence-corrected chi connectivity index (χ2v) is 8.56. The first-order valence-corrected chi connectivity index (χ1v) is 10.8. The van der Waals surface area contributed by atoms with E-state index >= 15 is 0 Å². The predicted octanol–water partition coefficient (Wildman–Crippen LogP) is -0.543. The van der Waals surface area contributed by atoms with Gasteiger partial charge in [0.1, 0.15) is 23.3 Å². The van der Waals surface area contributed by atoms with Crippen LogP contribution in [0.2, 0.25) is 0 Å². The van der Waals surface area contributed by atoms with Crippen molar-refractivity contribution in [1.82, 2.24) is 24.8 Å². The van der Waals surface area contributed by atoms with E-state index in [0.29, 0.717) is 25.3 Å². The van der Waals surface area contributed by atoms with Crippen LogP contribution in [0.3, 0.4) is 0 Å². The quantitative estimate of drug-likeness (QED) is 0.390. The number of hydrogen-bond acceptors (Lipinski definition) is 9. The van der Waals surface area contributed by atoms with Crippen molar-refractivity contribution in [2.24, 2.45) is 5.92 Å². The zero-order chi connectivity index (χ0) is 23.0. The maximum atomic E-state index is 12.2. The highest BCUT2D eigenvalue weighted by Crippen LogP contribution is 2.33. The van der Waals surface area contributed by atoms with Crippen molar-refractivity contribution in [2.75, 3.05) is 12.3 Å². The third kappa shape index (κ3) is 4.14. The molecule has 6 N–H and O–H groups in total. The summed E-state index contributed by atoms with van der Waals surface area (Å²) in [4.78, 5) is 24.9. The fourth-order valence-corrected chi connectivity index (χ4v) is 4.37. The Hall–Kier alpha value is -2.78. The number of nitrogens with zero attached hydrogens (tertiary/aromatic N) is 4. The average Bonchev–Trinajstić information content (AvgIpc) is 3.28. The van der Waals surface area contributed by atoms with E-state index in [-0.39, 0.29) is 22.8 Å². The maximum Gasteiger partial charge on any atom is 0.252 e. The second-order valence-electron chi connectivity index (χ2n) is 8.56. The number of aromatic nitrogens is 4. The molecule has 6 atom stereocenters. The number of carbonyl (C=O) groups excluding carboxylic acids is 1. The van der Waals surface area contributed by atoms with Crippen LogP contribution in [0.5, 0.6) is 0 Å². The Bertz CT molecular complexity index is 1080. The van der Waals surface area contributed by atoms with Gasteiger partial charge >= 0.3 is 0 Å². The smallest absolute Gasteiger partial charge is 0.252 e. The van der Waals surface area contributed by atoms with Crippen LogP contribution in [0, 0.1) is 17.8 Å². The normalized spacial score (nSPS) is 32.5. The van der Waals surface area contributed by atoms with E-state index in [9.17, 15) is 20.1 Å². The number of amides is 1. The number of aliphatic hydroxyl groups excluding tert-OH is 2. The van der Waals surface area contributed by atoms with Gasteiger partial charge in [-0.3, -0.25) is 9.36 Å². The third-order valence-corrected chi connectivity index (χ3v) is 5.95. The summed E-state index contributed by atoms with van der Waals surface area (Å²) in [5.74, 6) is 5.74. The summed E-state index contributed by atoms with van der Waals surface area (Å²) < 4.78 is 7.04. The number of hydrogen-bond donors (Lipinski definition) is 5. The van der Waals surface area contributed by atoms with Crippen LogP contribution in [-0.2, 0) is 9.53 Å². The molecule has 1 aliphatic heterocycles. The molecule has 172 valence electrons. The number of nitrogen functional groups attached to an aromatic ring is 1. The summed E-state index contributed by atoms with van der Waals surface area (Å²) in [5, 5.41) is 34.1. The van der Waals surface area contributed by atoms with Gasteiger partial charge in [0.25, 0.3) is 5.91 Å². The van der Waals surface area contributed by atoms with Gasteiger partial charge in [-0.05, 0) is 38.0 Å². The largest absolute Gasteiger partial charge is 0.387 e. The molecular formula is C21H28N6O5. The van der Waals surface area contributed by atoms with Gasteiger partial charge < -0.3 is 31.1 Å². The number of fused-ring (bicyclic) bond motifs is 1. The van der Waals surface area contributed by atoms with E-state index < -0.39 is 36.0 Å². The maximum absolute atomic E-state index is 12.2. The lowest BCUT2D eigenvalue weighted by Gasteiger charge is -2.30. The van der Waals surface area contributed by atoms with Crippen molar-refractivity contribution in [3.05, 3.63) is 12.2 Å². The number of anilines is 1. The van der Waals surface area contributed by atoms with E-state index in [1.54, 1.807) is 6.92 Å². The molecule has 1 amide bonds. The Labute approximate surface area is 185 Å². The van der Waals surface area contributed by atoms with Gasteiger partial charge in [-0.1, -0.05) is 19.3 Å². The molecule has 2 fully saturated rings. The SMILES string of the molecule is CCNC(=O)[C@H]1O[C@@H](n2cnc3c(N)nc(C#C[C@]4(O)CCC[C@H](C)C4)nc32)[C@@H](O)[C@H]1O. The molecule has 11 nitrogen and oxygen atoms in total. The molecule has 1 saturated carbocycles. The van der Waals surface area contributed by atoms with Crippen LogP contribution in [0.4, 0.5) is 5.82 Å². The highest BCUT2D eigenvalue weighted by atomic mass is 16.6. The zero-order valence-corrected chi connectivity index (χ0v) is 18.0. The van der Waals surface area contributed by atoms with E-state index in [0.717, 1.165) is 12.8 Å². The van der Waals surface area contributed by atoms with Crippen LogP contribution < -0.4 is 11.1 Å². The van der Waals surface area contributed by atoms with Gasteiger partial charge in [0.15, 0.2) is 23.8 Å². The van der Waals surface area contributed by atoms with E-state index in [2.05, 4.69) is 39.0 Å². The van der Waals surface area contributed by atoms with Crippen molar-refractivity contribution < 1.29 is 24.9 Å². The van der Waals surface area contributed by atoms with Crippen LogP contribution in [0.1, 0.15) is 51.6 Å². The minimum atomic E-state index is -1.43. The van der Waals surface area contributed by atoms with E-state index in [1.165, 1.54) is 10.9 Å². The van der Waals surface area contributed by atoms with Gasteiger partial charge in [0.2, 0.25) is 5.82 Å². The molecule has 11 heteroatoms. The van der Waals surface area contributed by atoms with Gasteiger partial charge in [-0.15, -0.1) is 0 Å². The van der Waals surface area contributed by atoms with E-state index in [1.807, 2.05) is 0 Å². The number of likely N-dealkylation sites (N-methyl/N-ethyl adjacent to an activating group) is 1. The summed E-state index contributed by atoms with van der Waals surface area (Å²) in [5.41, 5.74) is 5.44. The summed E-state index contributed by atoms with van der Waals surface area (Å²) in [7, 11) is 0. The number of ether oxygens (including phenoxy) is 1. The van der Waals surface area contributed by atoms with Crippen LogP contribution >= 0.6 is 0 Å². The molecule has 0 spiro atoms. The van der Waals surface area contributed by atoms with Gasteiger partial charge in [-0.2, -0.15) is 0 Å². The van der Waals surface area contributed by atoms with Crippen molar-refractivity contribution in [3.63, 3.8) is 0 Å². The highest BCUT2D eigenvalue weighted by Gasteiger charge is 2.47. The molecule has 32 heavy (non-hydrogen) atoms. The summed E-state index contributed by atoms with van der Waals surface area (Å²) in [6, 6.07) is 0.